The van der Waals surface area contributed by atoms with Gasteiger partial charge in [-0.25, -0.2) is 4.68 Å². The van der Waals surface area contributed by atoms with E-state index in [2.05, 4.69) is 5.10 Å². The Morgan fingerprint density at radius 3 is 2.71 bits per heavy atom. The number of hydrogen-bond acceptors (Lipinski definition) is 2. The van der Waals surface area contributed by atoms with Crippen molar-refractivity contribution >= 4 is 5.78 Å². The molecule has 108 valence electrons. The number of carbonyl (C=O) groups is 1. The van der Waals surface area contributed by atoms with E-state index in [4.69, 9.17) is 0 Å². The Labute approximate surface area is 125 Å². The van der Waals surface area contributed by atoms with Crippen LogP contribution in [0.2, 0.25) is 0 Å². The summed E-state index contributed by atoms with van der Waals surface area (Å²) >= 11 is 0. The van der Waals surface area contributed by atoms with E-state index in [1.807, 2.05) is 36.4 Å². The molecule has 2 aliphatic rings. The fourth-order valence-corrected chi connectivity index (χ4v) is 4.26. The third-order valence-electron chi connectivity index (χ3n) is 5.26. The van der Waals surface area contributed by atoms with Crippen LogP contribution in [-0.4, -0.2) is 15.6 Å². The van der Waals surface area contributed by atoms with E-state index >= 15 is 0 Å². The van der Waals surface area contributed by atoms with Crippen molar-refractivity contribution < 1.29 is 4.79 Å². The van der Waals surface area contributed by atoms with Crippen LogP contribution < -0.4 is 0 Å². The second-order valence-corrected chi connectivity index (χ2v) is 6.53. The summed E-state index contributed by atoms with van der Waals surface area (Å²) in [5.74, 6) is 2.54. The lowest BCUT2D eigenvalue weighted by molar-refractivity contribution is 0.0936. The molecule has 0 saturated heterocycles. The molecule has 2 aromatic rings. The van der Waals surface area contributed by atoms with Crippen LogP contribution in [0.15, 0.2) is 42.6 Å². The molecule has 4 rings (SSSR count). The molecule has 0 radical (unpaired) electrons. The molecule has 3 unspecified atom stereocenters. The van der Waals surface area contributed by atoms with Gasteiger partial charge in [0.05, 0.1) is 11.9 Å². The molecule has 3 heteroatoms. The van der Waals surface area contributed by atoms with Crippen LogP contribution in [0.3, 0.4) is 0 Å². The van der Waals surface area contributed by atoms with Crippen molar-refractivity contribution in [1.29, 1.82) is 0 Å². The van der Waals surface area contributed by atoms with E-state index in [1.54, 1.807) is 10.9 Å². The number of para-hydroxylation sites is 1. The first-order valence-electron chi connectivity index (χ1n) is 7.94. The van der Waals surface area contributed by atoms with Crippen LogP contribution in [0.5, 0.6) is 0 Å². The molecule has 3 nitrogen and oxygen atoms in total. The van der Waals surface area contributed by atoms with E-state index in [-0.39, 0.29) is 5.78 Å². The van der Waals surface area contributed by atoms with Crippen molar-refractivity contribution in [1.82, 2.24) is 9.78 Å². The lowest BCUT2D eigenvalue weighted by Crippen LogP contribution is -2.17. The van der Waals surface area contributed by atoms with E-state index < -0.39 is 0 Å². The topological polar surface area (TPSA) is 34.9 Å². The molecule has 1 aromatic carbocycles. The first kappa shape index (κ1) is 12.8. The summed E-state index contributed by atoms with van der Waals surface area (Å²) in [5, 5.41) is 4.33. The van der Waals surface area contributed by atoms with E-state index in [9.17, 15) is 4.79 Å². The Kier molecular flexibility index (Phi) is 3.13. The van der Waals surface area contributed by atoms with Gasteiger partial charge in [-0.15, -0.1) is 0 Å². The van der Waals surface area contributed by atoms with Crippen LogP contribution in [0.25, 0.3) is 5.69 Å². The van der Waals surface area contributed by atoms with E-state index in [0.29, 0.717) is 12.3 Å². The van der Waals surface area contributed by atoms with Gasteiger partial charge in [-0.3, -0.25) is 4.79 Å². The molecule has 2 saturated carbocycles. The Hall–Kier alpha value is -1.90. The van der Waals surface area contributed by atoms with Gasteiger partial charge in [0.2, 0.25) is 0 Å². The number of rotatable bonds is 4. The predicted octanol–water partition coefficient (Wildman–Crippen LogP) is 3.88. The number of fused-ring (bicyclic) bond motifs is 2. The fraction of sp³-hybridized carbons (Fsp3) is 0.444. The highest BCUT2D eigenvalue weighted by Crippen LogP contribution is 2.49. The number of nitrogens with zero attached hydrogens (tertiary/aromatic N) is 2. The number of hydrogen-bond donors (Lipinski definition) is 0. The molecule has 21 heavy (non-hydrogen) atoms. The zero-order chi connectivity index (χ0) is 14.2. The van der Waals surface area contributed by atoms with Crippen molar-refractivity contribution in [3.05, 3.63) is 48.3 Å². The number of aromatic nitrogens is 2. The van der Waals surface area contributed by atoms with Crippen LogP contribution in [0.1, 0.15) is 42.6 Å². The molecule has 2 aliphatic carbocycles. The van der Waals surface area contributed by atoms with Crippen LogP contribution in [-0.2, 0) is 0 Å². The summed E-state index contributed by atoms with van der Waals surface area (Å²) in [4.78, 5) is 12.7. The van der Waals surface area contributed by atoms with Crippen LogP contribution in [0, 0.1) is 17.8 Å². The van der Waals surface area contributed by atoms with Gasteiger partial charge in [0.15, 0.2) is 5.78 Å². The number of Topliss-reactive ketones (excluding diaryl/α,β-unsaturated/α-hetero) is 1. The quantitative estimate of drug-likeness (QED) is 0.797. The summed E-state index contributed by atoms with van der Waals surface area (Å²) in [6.07, 6.45) is 7.75. The summed E-state index contributed by atoms with van der Waals surface area (Å²) in [7, 11) is 0. The van der Waals surface area contributed by atoms with Crippen LogP contribution >= 0.6 is 0 Å². The first-order chi connectivity index (χ1) is 10.3. The molecule has 2 bridgehead atoms. The molecule has 1 heterocycles. The van der Waals surface area contributed by atoms with Crippen molar-refractivity contribution in [3.8, 4) is 5.69 Å². The highest BCUT2D eigenvalue weighted by molar-refractivity contribution is 5.95. The Morgan fingerprint density at radius 2 is 2.00 bits per heavy atom. The van der Waals surface area contributed by atoms with Crippen molar-refractivity contribution in [2.45, 2.75) is 32.1 Å². The standard InChI is InChI=1S/C18H20N2O/c21-18(12-15-11-13-6-7-14(15)10-13)17-8-9-19-20(17)16-4-2-1-3-5-16/h1-5,8-9,13-15H,6-7,10-12H2. The second-order valence-electron chi connectivity index (χ2n) is 6.53. The summed E-state index contributed by atoms with van der Waals surface area (Å²) in [6, 6.07) is 11.7. The summed E-state index contributed by atoms with van der Waals surface area (Å²) in [6.45, 7) is 0. The van der Waals surface area contributed by atoms with Gasteiger partial charge < -0.3 is 0 Å². The summed E-state index contributed by atoms with van der Waals surface area (Å²) < 4.78 is 1.77. The maximum atomic E-state index is 12.7. The van der Waals surface area contributed by atoms with Crippen LogP contribution in [0.4, 0.5) is 0 Å². The maximum Gasteiger partial charge on any atom is 0.181 e. The Balaban J connectivity index is 1.54. The van der Waals surface area contributed by atoms with Gasteiger partial charge in [0.25, 0.3) is 0 Å². The fourth-order valence-electron chi connectivity index (χ4n) is 4.26. The van der Waals surface area contributed by atoms with Gasteiger partial charge in [-0.2, -0.15) is 5.10 Å². The zero-order valence-corrected chi connectivity index (χ0v) is 12.1. The third-order valence-corrected chi connectivity index (χ3v) is 5.26. The molecular formula is C18H20N2O. The SMILES string of the molecule is O=C(CC1CC2CCC1C2)c1ccnn1-c1ccccc1. The highest BCUT2D eigenvalue weighted by atomic mass is 16.1. The highest BCUT2D eigenvalue weighted by Gasteiger charge is 2.40. The zero-order valence-electron chi connectivity index (χ0n) is 12.1. The molecule has 0 aliphatic heterocycles. The minimum atomic E-state index is 0.244. The summed E-state index contributed by atoms with van der Waals surface area (Å²) in [5.41, 5.74) is 1.68. The van der Waals surface area contributed by atoms with Gasteiger partial charge >= 0.3 is 0 Å². The Bertz CT molecular complexity index is 646. The minimum absolute atomic E-state index is 0.244. The first-order valence-corrected chi connectivity index (χ1v) is 7.94. The van der Waals surface area contributed by atoms with Crippen molar-refractivity contribution in [2.24, 2.45) is 17.8 Å². The second kappa shape index (κ2) is 5.14. The number of ketones is 1. The molecule has 0 N–H and O–H groups in total. The molecule has 0 spiro atoms. The van der Waals surface area contributed by atoms with E-state index in [1.165, 1.54) is 25.7 Å². The molecular weight excluding hydrogens is 260 g/mol. The average molecular weight is 280 g/mol. The smallest absolute Gasteiger partial charge is 0.181 e. The third kappa shape index (κ3) is 2.31. The molecule has 0 amide bonds. The minimum Gasteiger partial charge on any atom is -0.292 e. The molecule has 1 aromatic heterocycles. The average Bonchev–Trinajstić information content (AvgIpc) is 3.24. The monoisotopic (exact) mass is 280 g/mol. The van der Waals surface area contributed by atoms with Gasteiger partial charge in [0, 0.05) is 6.42 Å². The predicted molar refractivity (Wildman–Crippen MR) is 81.4 cm³/mol. The van der Waals surface area contributed by atoms with Crippen molar-refractivity contribution in [2.75, 3.05) is 0 Å². The van der Waals surface area contributed by atoms with Gasteiger partial charge in [0.1, 0.15) is 5.69 Å². The maximum absolute atomic E-state index is 12.7. The van der Waals surface area contributed by atoms with Gasteiger partial charge in [-0.05, 0) is 55.2 Å². The van der Waals surface area contributed by atoms with Gasteiger partial charge in [-0.1, -0.05) is 24.6 Å². The molecule has 2 fully saturated rings. The lowest BCUT2D eigenvalue weighted by atomic mass is 9.85. The lowest BCUT2D eigenvalue weighted by Gasteiger charge is -2.20. The molecule has 3 atom stereocenters. The normalized spacial score (nSPS) is 27.1. The van der Waals surface area contributed by atoms with E-state index in [0.717, 1.165) is 23.2 Å². The Morgan fingerprint density at radius 1 is 1.14 bits per heavy atom. The number of benzene rings is 1. The van der Waals surface area contributed by atoms with Crippen molar-refractivity contribution in [3.63, 3.8) is 0 Å². The number of carbonyl (C=O) groups excluding carboxylic acids is 1. The largest absolute Gasteiger partial charge is 0.292 e.